The van der Waals surface area contributed by atoms with Crippen molar-refractivity contribution >= 4 is 11.6 Å². The number of fused-ring (bicyclic) bond motifs is 1. The second-order valence-electron chi connectivity index (χ2n) is 7.48. The standard InChI is InChI=1S/C24H25N5O4/c1-16-12-17(2)14-18(13-16)33-15-22(30)25-10-11-32-23-9-8-21-26-27-24(29(21)28-23)19-6-4-5-7-20(19)31-3/h4-9,12-14H,10-11,15H2,1-3H3,(H,25,30). The lowest BCUT2D eigenvalue weighted by atomic mass is 10.1. The number of hydrogen-bond donors (Lipinski definition) is 1. The van der Waals surface area contributed by atoms with Crippen molar-refractivity contribution in [2.45, 2.75) is 13.8 Å². The predicted molar refractivity (Wildman–Crippen MR) is 123 cm³/mol. The number of methoxy groups -OCH3 is 1. The molecule has 1 amide bonds. The fourth-order valence-electron chi connectivity index (χ4n) is 3.41. The van der Waals surface area contributed by atoms with E-state index in [9.17, 15) is 4.79 Å². The van der Waals surface area contributed by atoms with Crippen LogP contribution in [0.4, 0.5) is 0 Å². The molecule has 170 valence electrons. The van der Waals surface area contributed by atoms with E-state index in [1.165, 1.54) is 0 Å². The Balaban J connectivity index is 1.32. The van der Waals surface area contributed by atoms with Crippen LogP contribution in [0.3, 0.4) is 0 Å². The van der Waals surface area contributed by atoms with E-state index in [4.69, 9.17) is 14.2 Å². The van der Waals surface area contributed by atoms with Crippen LogP contribution < -0.4 is 19.5 Å². The van der Waals surface area contributed by atoms with Gasteiger partial charge in [0.1, 0.15) is 18.1 Å². The summed E-state index contributed by atoms with van der Waals surface area (Å²) in [5.74, 6) is 2.06. The van der Waals surface area contributed by atoms with Gasteiger partial charge in [0.25, 0.3) is 5.91 Å². The van der Waals surface area contributed by atoms with Crippen LogP contribution in [0.1, 0.15) is 11.1 Å². The van der Waals surface area contributed by atoms with E-state index in [-0.39, 0.29) is 19.1 Å². The molecule has 0 spiro atoms. The topological polar surface area (TPSA) is 99.9 Å². The van der Waals surface area contributed by atoms with Crippen LogP contribution in [0.25, 0.3) is 17.0 Å². The van der Waals surface area contributed by atoms with E-state index in [0.717, 1.165) is 16.7 Å². The SMILES string of the molecule is COc1ccccc1-c1nnc2ccc(OCCNC(=O)COc3cc(C)cc(C)c3)nn12. The molecule has 0 unspecified atom stereocenters. The third-order valence-electron chi connectivity index (χ3n) is 4.83. The van der Waals surface area contributed by atoms with Crippen LogP contribution in [0.15, 0.2) is 54.6 Å². The Morgan fingerprint density at radius 2 is 1.79 bits per heavy atom. The number of amides is 1. The summed E-state index contributed by atoms with van der Waals surface area (Å²) in [6.45, 7) is 4.48. The van der Waals surface area contributed by atoms with Crippen molar-refractivity contribution in [3.05, 3.63) is 65.7 Å². The first-order valence-corrected chi connectivity index (χ1v) is 10.5. The maximum Gasteiger partial charge on any atom is 0.258 e. The molecule has 0 aliphatic heterocycles. The summed E-state index contributed by atoms with van der Waals surface area (Å²) >= 11 is 0. The minimum Gasteiger partial charge on any atom is -0.496 e. The van der Waals surface area contributed by atoms with E-state index in [2.05, 4.69) is 26.7 Å². The molecule has 4 rings (SSSR count). The molecule has 0 atom stereocenters. The minimum atomic E-state index is -0.224. The summed E-state index contributed by atoms with van der Waals surface area (Å²) in [7, 11) is 1.60. The highest BCUT2D eigenvalue weighted by atomic mass is 16.5. The van der Waals surface area contributed by atoms with Gasteiger partial charge in [0.05, 0.1) is 19.2 Å². The van der Waals surface area contributed by atoms with Crippen molar-refractivity contribution in [1.82, 2.24) is 25.1 Å². The minimum absolute atomic E-state index is 0.0594. The highest BCUT2D eigenvalue weighted by Gasteiger charge is 2.14. The van der Waals surface area contributed by atoms with Crippen LogP contribution in [-0.4, -0.2) is 52.6 Å². The molecule has 9 nitrogen and oxygen atoms in total. The Kier molecular flexibility index (Phi) is 6.68. The number of carbonyl (C=O) groups excluding carboxylic acids is 1. The van der Waals surface area contributed by atoms with Gasteiger partial charge in [0.15, 0.2) is 18.1 Å². The van der Waals surface area contributed by atoms with Gasteiger partial charge >= 0.3 is 0 Å². The molecule has 0 saturated heterocycles. The Hall–Kier alpha value is -4.14. The van der Waals surface area contributed by atoms with Crippen LogP contribution in [0, 0.1) is 13.8 Å². The summed E-state index contributed by atoms with van der Waals surface area (Å²) in [6.07, 6.45) is 0. The third kappa shape index (κ3) is 5.38. The second-order valence-corrected chi connectivity index (χ2v) is 7.48. The number of aromatic nitrogens is 4. The largest absolute Gasteiger partial charge is 0.496 e. The van der Waals surface area contributed by atoms with Gasteiger partial charge in [-0.05, 0) is 55.3 Å². The number of rotatable bonds is 9. The number of aryl methyl sites for hydroxylation is 2. The maximum atomic E-state index is 12.1. The normalized spacial score (nSPS) is 10.8. The molecule has 2 aromatic heterocycles. The summed E-state index contributed by atoms with van der Waals surface area (Å²) in [6, 6.07) is 16.8. The summed E-state index contributed by atoms with van der Waals surface area (Å²) in [5.41, 5.74) is 3.53. The number of nitrogens with zero attached hydrogens (tertiary/aromatic N) is 4. The zero-order valence-electron chi connectivity index (χ0n) is 18.7. The molecule has 2 heterocycles. The predicted octanol–water partition coefficient (Wildman–Crippen LogP) is 2.99. The molecular weight excluding hydrogens is 422 g/mol. The molecule has 0 fully saturated rings. The Morgan fingerprint density at radius 1 is 1.00 bits per heavy atom. The van der Waals surface area contributed by atoms with E-state index in [1.54, 1.807) is 23.8 Å². The monoisotopic (exact) mass is 447 g/mol. The summed E-state index contributed by atoms with van der Waals surface area (Å²) < 4.78 is 18.3. The van der Waals surface area contributed by atoms with Crippen molar-refractivity contribution in [2.24, 2.45) is 0 Å². The number of ether oxygens (including phenoxy) is 3. The zero-order valence-corrected chi connectivity index (χ0v) is 18.7. The van der Waals surface area contributed by atoms with Crippen LogP contribution in [0.2, 0.25) is 0 Å². The lowest BCUT2D eigenvalue weighted by Crippen LogP contribution is -2.32. The Bertz CT molecular complexity index is 1250. The van der Waals surface area contributed by atoms with Gasteiger partial charge in [-0.15, -0.1) is 15.3 Å². The fraction of sp³-hybridized carbons (Fsp3) is 0.250. The molecule has 33 heavy (non-hydrogen) atoms. The van der Waals surface area contributed by atoms with Crippen molar-refractivity contribution in [2.75, 3.05) is 26.9 Å². The van der Waals surface area contributed by atoms with Crippen LogP contribution in [0.5, 0.6) is 17.4 Å². The molecule has 4 aromatic rings. The average Bonchev–Trinajstić information content (AvgIpc) is 3.23. The lowest BCUT2D eigenvalue weighted by molar-refractivity contribution is -0.123. The Labute approximate surface area is 191 Å². The van der Waals surface area contributed by atoms with Gasteiger partial charge in [-0.25, -0.2) is 0 Å². The summed E-state index contributed by atoms with van der Waals surface area (Å²) in [5, 5.41) is 15.6. The Morgan fingerprint density at radius 3 is 2.58 bits per heavy atom. The van der Waals surface area contributed by atoms with E-state index in [1.807, 2.05) is 50.2 Å². The molecule has 0 aliphatic rings. The van der Waals surface area contributed by atoms with Crippen molar-refractivity contribution in [1.29, 1.82) is 0 Å². The van der Waals surface area contributed by atoms with Crippen molar-refractivity contribution in [3.8, 4) is 28.8 Å². The molecule has 0 radical (unpaired) electrons. The summed E-state index contributed by atoms with van der Waals surface area (Å²) in [4.78, 5) is 12.1. The van der Waals surface area contributed by atoms with E-state index >= 15 is 0 Å². The fourth-order valence-corrected chi connectivity index (χ4v) is 3.41. The number of nitrogens with one attached hydrogen (secondary N) is 1. The molecule has 0 aliphatic carbocycles. The van der Waals surface area contributed by atoms with Crippen molar-refractivity contribution in [3.63, 3.8) is 0 Å². The highest BCUT2D eigenvalue weighted by molar-refractivity contribution is 5.77. The number of carbonyl (C=O) groups is 1. The van der Waals surface area contributed by atoms with Crippen LogP contribution >= 0.6 is 0 Å². The smallest absolute Gasteiger partial charge is 0.258 e. The van der Waals surface area contributed by atoms with Crippen molar-refractivity contribution < 1.29 is 19.0 Å². The third-order valence-corrected chi connectivity index (χ3v) is 4.83. The molecular formula is C24H25N5O4. The highest BCUT2D eigenvalue weighted by Crippen LogP contribution is 2.28. The molecule has 2 aromatic carbocycles. The average molecular weight is 447 g/mol. The lowest BCUT2D eigenvalue weighted by Gasteiger charge is -2.10. The number of benzene rings is 2. The first-order valence-electron chi connectivity index (χ1n) is 10.5. The second kappa shape index (κ2) is 9.99. The first kappa shape index (κ1) is 22.1. The van der Waals surface area contributed by atoms with Gasteiger partial charge < -0.3 is 19.5 Å². The molecule has 1 N–H and O–H groups in total. The van der Waals surface area contributed by atoms with Gasteiger partial charge in [0, 0.05) is 6.07 Å². The molecule has 0 bridgehead atoms. The number of hydrogen-bond acceptors (Lipinski definition) is 7. The first-order chi connectivity index (χ1) is 16.0. The van der Waals surface area contributed by atoms with Gasteiger partial charge in [0.2, 0.25) is 5.88 Å². The van der Waals surface area contributed by atoms with Gasteiger partial charge in [-0.1, -0.05) is 18.2 Å². The van der Waals surface area contributed by atoms with Gasteiger partial charge in [-0.2, -0.15) is 4.52 Å². The molecule has 0 saturated carbocycles. The van der Waals surface area contributed by atoms with E-state index < -0.39 is 0 Å². The maximum absolute atomic E-state index is 12.1. The van der Waals surface area contributed by atoms with E-state index in [0.29, 0.717) is 35.4 Å². The molecule has 9 heteroatoms. The van der Waals surface area contributed by atoms with Gasteiger partial charge in [-0.3, -0.25) is 4.79 Å². The quantitative estimate of drug-likeness (QED) is 0.394. The number of para-hydroxylation sites is 1. The van der Waals surface area contributed by atoms with Crippen LogP contribution in [-0.2, 0) is 4.79 Å². The zero-order chi connectivity index (χ0) is 23.2.